The van der Waals surface area contributed by atoms with E-state index in [9.17, 15) is 9.90 Å². The summed E-state index contributed by atoms with van der Waals surface area (Å²) < 4.78 is 7.26. The van der Waals surface area contributed by atoms with E-state index in [1.54, 1.807) is 30.3 Å². The SMILES string of the molecule is CCOc1cccc(/C=N/NC(=O)CSc2nnc(-c3ccc(Cl)cc3)n2CC)c1O. The van der Waals surface area contributed by atoms with Gasteiger partial charge in [0.25, 0.3) is 5.91 Å². The number of aromatic hydroxyl groups is 1. The third kappa shape index (κ3) is 5.77. The van der Waals surface area contributed by atoms with Gasteiger partial charge in [0.05, 0.1) is 18.6 Å². The molecular weight excluding hydrogens is 438 g/mol. The predicted molar refractivity (Wildman–Crippen MR) is 122 cm³/mol. The molecule has 0 saturated heterocycles. The molecule has 0 radical (unpaired) electrons. The lowest BCUT2D eigenvalue weighted by molar-refractivity contribution is -0.118. The van der Waals surface area contributed by atoms with Crippen molar-refractivity contribution in [2.45, 2.75) is 25.5 Å². The summed E-state index contributed by atoms with van der Waals surface area (Å²) in [6.07, 6.45) is 1.37. The summed E-state index contributed by atoms with van der Waals surface area (Å²) in [7, 11) is 0. The Kier molecular flexibility index (Phi) is 7.91. The van der Waals surface area contributed by atoms with Crippen LogP contribution in [-0.2, 0) is 11.3 Å². The van der Waals surface area contributed by atoms with Crippen LogP contribution in [0, 0.1) is 0 Å². The van der Waals surface area contributed by atoms with Crippen LogP contribution in [0.2, 0.25) is 5.02 Å². The maximum Gasteiger partial charge on any atom is 0.250 e. The number of phenols is 1. The van der Waals surface area contributed by atoms with Crippen LogP contribution in [0.3, 0.4) is 0 Å². The zero-order valence-corrected chi connectivity index (χ0v) is 18.7. The molecule has 2 N–H and O–H groups in total. The number of hydrazone groups is 1. The molecule has 0 atom stereocenters. The van der Waals surface area contributed by atoms with Gasteiger partial charge in [0.2, 0.25) is 0 Å². The normalized spacial score (nSPS) is 11.1. The highest BCUT2D eigenvalue weighted by molar-refractivity contribution is 7.99. The lowest BCUT2D eigenvalue weighted by Crippen LogP contribution is -2.20. The van der Waals surface area contributed by atoms with Crippen molar-refractivity contribution in [2.24, 2.45) is 5.10 Å². The Balaban J connectivity index is 1.60. The van der Waals surface area contributed by atoms with Crippen molar-refractivity contribution in [3.8, 4) is 22.9 Å². The number of aromatic nitrogens is 3. The lowest BCUT2D eigenvalue weighted by Gasteiger charge is -2.07. The molecule has 162 valence electrons. The van der Waals surface area contributed by atoms with Crippen molar-refractivity contribution in [3.05, 3.63) is 53.1 Å². The van der Waals surface area contributed by atoms with E-state index in [1.807, 2.05) is 30.5 Å². The van der Waals surface area contributed by atoms with Crippen molar-refractivity contribution < 1.29 is 14.6 Å². The molecule has 0 spiro atoms. The highest BCUT2D eigenvalue weighted by atomic mass is 35.5. The first kappa shape index (κ1) is 22.6. The number of halogens is 1. The molecule has 0 bridgehead atoms. The van der Waals surface area contributed by atoms with Gasteiger partial charge in [-0.05, 0) is 50.2 Å². The van der Waals surface area contributed by atoms with Crippen LogP contribution in [-0.4, -0.2) is 44.4 Å². The van der Waals surface area contributed by atoms with Gasteiger partial charge in [0.1, 0.15) is 0 Å². The number of hydrogen-bond acceptors (Lipinski definition) is 7. The Morgan fingerprint density at radius 2 is 2.03 bits per heavy atom. The van der Waals surface area contributed by atoms with Crippen LogP contribution < -0.4 is 10.2 Å². The number of nitrogens with zero attached hydrogens (tertiary/aromatic N) is 4. The smallest absolute Gasteiger partial charge is 0.250 e. The van der Waals surface area contributed by atoms with Crippen LogP contribution in [0.5, 0.6) is 11.5 Å². The summed E-state index contributed by atoms with van der Waals surface area (Å²) >= 11 is 7.22. The first-order valence-electron chi connectivity index (χ1n) is 9.62. The summed E-state index contributed by atoms with van der Waals surface area (Å²) in [6.45, 7) is 4.91. The van der Waals surface area contributed by atoms with Gasteiger partial charge in [-0.2, -0.15) is 5.10 Å². The molecule has 3 rings (SSSR count). The molecule has 0 aliphatic carbocycles. The summed E-state index contributed by atoms with van der Waals surface area (Å²) in [5, 5.41) is 23.8. The second-order valence-electron chi connectivity index (χ2n) is 6.27. The first-order chi connectivity index (χ1) is 15.0. The van der Waals surface area contributed by atoms with Gasteiger partial charge in [-0.1, -0.05) is 29.4 Å². The minimum Gasteiger partial charge on any atom is -0.504 e. The molecule has 10 heteroatoms. The monoisotopic (exact) mass is 459 g/mol. The van der Waals surface area contributed by atoms with Crippen molar-refractivity contribution in [1.29, 1.82) is 0 Å². The average molecular weight is 460 g/mol. The molecule has 0 unspecified atom stereocenters. The third-order valence-corrected chi connectivity index (χ3v) is 5.41. The van der Waals surface area contributed by atoms with Crippen molar-refractivity contribution in [1.82, 2.24) is 20.2 Å². The number of carbonyl (C=O) groups excluding carboxylic acids is 1. The quantitative estimate of drug-likeness (QED) is 0.285. The fourth-order valence-corrected chi connectivity index (χ4v) is 3.67. The zero-order chi connectivity index (χ0) is 22.2. The Morgan fingerprint density at radius 1 is 1.26 bits per heavy atom. The zero-order valence-electron chi connectivity index (χ0n) is 17.1. The molecule has 2 aromatic carbocycles. The number of para-hydroxylation sites is 1. The van der Waals surface area contributed by atoms with Gasteiger partial charge in [0.15, 0.2) is 22.5 Å². The van der Waals surface area contributed by atoms with Gasteiger partial charge in [-0.3, -0.25) is 4.79 Å². The van der Waals surface area contributed by atoms with E-state index in [0.29, 0.717) is 40.5 Å². The maximum atomic E-state index is 12.2. The molecule has 3 aromatic rings. The summed E-state index contributed by atoms with van der Waals surface area (Å²) in [6, 6.07) is 12.4. The molecule has 0 aliphatic rings. The van der Waals surface area contributed by atoms with E-state index in [1.165, 1.54) is 18.0 Å². The number of carbonyl (C=O) groups is 1. The maximum absolute atomic E-state index is 12.2. The second kappa shape index (κ2) is 10.8. The van der Waals surface area contributed by atoms with E-state index < -0.39 is 0 Å². The topological polar surface area (TPSA) is 102 Å². The van der Waals surface area contributed by atoms with Gasteiger partial charge >= 0.3 is 0 Å². The second-order valence-corrected chi connectivity index (χ2v) is 7.65. The Hall–Kier alpha value is -3.04. The molecule has 1 heterocycles. The largest absolute Gasteiger partial charge is 0.504 e. The number of benzene rings is 2. The Labute approximate surface area is 189 Å². The lowest BCUT2D eigenvalue weighted by atomic mass is 10.2. The molecule has 0 saturated carbocycles. The van der Waals surface area contributed by atoms with Crippen LogP contribution in [0.25, 0.3) is 11.4 Å². The fraction of sp³-hybridized carbons (Fsp3) is 0.238. The summed E-state index contributed by atoms with van der Waals surface area (Å²) in [5.41, 5.74) is 3.79. The van der Waals surface area contributed by atoms with Gasteiger partial charge in [-0.25, -0.2) is 5.43 Å². The highest BCUT2D eigenvalue weighted by Gasteiger charge is 2.14. The standard InChI is InChI=1S/C21H22ClN5O3S/c1-3-27-20(14-8-10-16(22)11-9-14)25-26-21(27)31-13-18(28)24-23-12-15-6-5-7-17(19(15)29)30-4-2/h5-12,29H,3-4,13H2,1-2H3,(H,24,28)/b23-12+. The number of amides is 1. The summed E-state index contributed by atoms with van der Waals surface area (Å²) in [5.74, 6) is 0.859. The number of ether oxygens (including phenoxy) is 1. The van der Waals surface area contributed by atoms with Crippen LogP contribution >= 0.6 is 23.4 Å². The number of rotatable bonds is 9. The van der Waals surface area contributed by atoms with Crippen molar-refractivity contribution in [2.75, 3.05) is 12.4 Å². The molecule has 8 nitrogen and oxygen atoms in total. The molecule has 1 amide bonds. The predicted octanol–water partition coefficient (Wildman–Crippen LogP) is 3.97. The molecule has 31 heavy (non-hydrogen) atoms. The fourth-order valence-electron chi connectivity index (χ4n) is 2.74. The minimum atomic E-state index is -0.305. The molecular formula is C21H22ClN5O3S. The van der Waals surface area contributed by atoms with E-state index >= 15 is 0 Å². The number of phenolic OH excluding ortho intramolecular Hbond substituents is 1. The molecule has 1 aromatic heterocycles. The van der Waals surface area contributed by atoms with E-state index in [2.05, 4.69) is 20.7 Å². The molecule has 0 fully saturated rings. The van der Waals surface area contributed by atoms with E-state index in [4.69, 9.17) is 16.3 Å². The average Bonchev–Trinajstić information content (AvgIpc) is 3.18. The third-order valence-electron chi connectivity index (χ3n) is 4.19. The minimum absolute atomic E-state index is 0.0255. The van der Waals surface area contributed by atoms with Crippen LogP contribution in [0.15, 0.2) is 52.7 Å². The highest BCUT2D eigenvalue weighted by Crippen LogP contribution is 2.28. The molecule has 0 aliphatic heterocycles. The van der Waals surface area contributed by atoms with Gasteiger partial charge in [-0.15, -0.1) is 10.2 Å². The van der Waals surface area contributed by atoms with Crippen LogP contribution in [0.1, 0.15) is 19.4 Å². The van der Waals surface area contributed by atoms with Gasteiger partial charge in [0, 0.05) is 22.7 Å². The van der Waals surface area contributed by atoms with Crippen molar-refractivity contribution in [3.63, 3.8) is 0 Å². The van der Waals surface area contributed by atoms with Crippen LogP contribution in [0.4, 0.5) is 0 Å². The first-order valence-corrected chi connectivity index (χ1v) is 11.0. The van der Waals surface area contributed by atoms with E-state index in [0.717, 1.165) is 5.56 Å². The number of thioether (sulfide) groups is 1. The van der Waals surface area contributed by atoms with E-state index in [-0.39, 0.29) is 17.4 Å². The van der Waals surface area contributed by atoms with Crippen molar-refractivity contribution >= 4 is 35.5 Å². The number of nitrogens with one attached hydrogen (secondary N) is 1. The summed E-state index contributed by atoms with van der Waals surface area (Å²) in [4.78, 5) is 12.2. The Morgan fingerprint density at radius 3 is 2.74 bits per heavy atom. The van der Waals surface area contributed by atoms with Gasteiger partial charge < -0.3 is 14.4 Å². The Bertz CT molecular complexity index is 1070. The number of hydrogen-bond donors (Lipinski definition) is 2.